The zero-order valence-electron chi connectivity index (χ0n) is 19.0. The molecule has 0 atom stereocenters. The first-order valence-corrected chi connectivity index (χ1v) is 12.0. The van der Waals surface area contributed by atoms with E-state index in [0.29, 0.717) is 56.4 Å². The molecule has 0 aliphatic carbocycles. The Bertz CT molecular complexity index is 1090. The highest BCUT2D eigenvalue weighted by atomic mass is 32.1. The van der Waals surface area contributed by atoms with Gasteiger partial charge in [-0.1, -0.05) is 0 Å². The van der Waals surface area contributed by atoms with Gasteiger partial charge in [-0.15, -0.1) is 11.3 Å². The van der Waals surface area contributed by atoms with Crippen molar-refractivity contribution in [3.63, 3.8) is 0 Å². The van der Waals surface area contributed by atoms with Crippen LogP contribution in [0.3, 0.4) is 0 Å². The number of rotatable bonds is 11. The van der Waals surface area contributed by atoms with Crippen LogP contribution < -0.4 is 5.32 Å². The molecule has 34 heavy (non-hydrogen) atoms. The molecule has 2 aromatic heterocycles. The maximum absolute atomic E-state index is 12.6. The summed E-state index contributed by atoms with van der Waals surface area (Å²) < 4.78 is 15.6. The molecule has 3 heterocycles. The van der Waals surface area contributed by atoms with Gasteiger partial charge in [0.25, 0.3) is 5.91 Å². The molecule has 1 aliphatic rings. The van der Waals surface area contributed by atoms with Crippen LogP contribution in [0.4, 0.5) is 5.69 Å². The average molecular weight is 489 g/mol. The number of aromatic amines is 1. The van der Waals surface area contributed by atoms with E-state index < -0.39 is 0 Å². The topological polar surface area (TPSA) is 132 Å². The number of anilines is 1. The molecule has 0 radical (unpaired) electrons. The number of hydrogen-bond acceptors (Lipinski definition) is 9. The molecule has 0 unspecified atom stereocenters. The number of thiazole rings is 1. The van der Waals surface area contributed by atoms with Gasteiger partial charge in [-0.25, -0.2) is 4.98 Å². The number of methoxy groups -OCH3 is 1. The monoisotopic (exact) mass is 488 g/mol. The predicted octanol–water partition coefficient (Wildman–Crippen LogP) is 2.05. The van der Waals surface area contributed by atoms with Crippen LogP contribution in [0.2, 0.25) is 0 Å². The number of carbonyl (C=O) groups excluding carboxylic acids is 2. The van der Waals surface area contributed by atoms with Gasteiger partial charge in [0.1, 0.15) is 23.3 Å². The van der Waals surface area contributed by atoms with E-state index in [4.69, 9.17) is 14.2 Å². The molecule has 11 nitrogen and oxygen atoms in total. The largest absolute Gasteiger partial charge is 0.382 e. The molecule has 1 saturated heterocycles. The van der Waals surface area contributed by atoms with Crippen LogP contribution in [0.15, 0.2) is 23.6 Å². The van der Waals surface area contributed by atoms with Crippen molar-refractivity contribution in [2.24, 2.45) is 0 Å². The minimum atomic E-state index is -0.263. The number of H-pyrrole nitrogens is 1. The lowest BCUT2D eigenvalue weighted by Gasteiger charge is -2.31. The lowest BCUT2D eigenvalue weighted by atomic mass is 9.97. The maximum atomic E-state index is 12.6. The van der Waals surface area contributed by atoms with Crippen molar-refractivity contribution in [2.45, 2.75) is 18.8 Å². The van der Waals surface area contributed by atoms with Gasteiger partial charge in [-0.3, -0.25) is 9.59 Å². The Balaban J connectivity index is 1.20. The number of nitrogens with zero attached hydrogens (tertiary/aromatic N) is 4. The number of aromatic nitrogens is 4. The third kappa shape index (κ3) is 6.35. The number of carbonyl (C=O) groups is 2. The van der Waals surface area contributed by atoms with Gasteiger partial charge < -0.3 is 24.4 Å². The van der Waals surface area contributed by atoms with Crippen molar-refractivity contribution in [3.05, 3.63) is 34.3 Å². The van der Waals surface area contributed by atoms with Crippen LogP contribution in [0.25, 0.3) is 11.0 Å². The van der Waals surface area contributed by atoms with E-state index in [0.717, 1.165) is 23.4 Å². The van der Waals surface area contributed by atoms with E-state index in [-0.39, 0.29) is 24.3 Å². The number of amides is 2. The first kappa shape index (κ1) is 24.2. The fourth-order valence-corrected chi connectivity index (χ4v) is 4.65. The lowest BCUT2D eigenvalue weighted by molar-refractivity contribution is -0.137. The number of likely N-dealkylation sites (tertiary alicyclic amines) is 1. The van der Waals surface area contributed by atoms with E-state index in [1.165, 1.54) is 11.3 Å². The zero-order valence-corrected chi connectivity index (χ0v) is 19.8. The summed E-state index contributed by atoms with van der Waals surface area (Å²) in [6.07, 6.45) is 1.62. The highest BCUT2D eigenvalue weighted by Crippen LogP contribution is 2.30. The van der Waals surface area contributed by atoms with Gasteiger partial charge in [-0.2, -0.15) is 15.4 Å². The molecule has 2 amide bonds. The van der Waals surface area contributed by atoms with Crippen LogP contribution in [-0.4, -0.2) is 90.3 Å². The fraction of sp³-hybridized carbons (Fsp3) is 0.500. The number of ether oxygens (including phenoxy) is 3. The Labute approximate surface area is 200 Å². The Morgan fingerprint density at radius 2 is 1.88 bits per heavy atom. The molecule has 2 N–H and O–H groups in total. The SMILES string of the molecule is COCCOCCOCC(=O)N1CCC(c2nc(C(=O)Nc3ccc4n[nH]nc4c3)cs2)CC1. The maximum Gasteiger partial charge on any atom is 0.275 e. The summed E-state index contributed by atoms with van der Waals surface area (Å²) in [5.74, 6) is -0.0443. The summed E-state index contributed by atoms with van der Waals surface area (Å²) in [5, 5.41) is 16.1. The minimum Gasteiger partial charge on any atom is -0.382 e. The van der Waals surface area contributed by atoms with Crippen molar-refractivity contribution in [3.8, 4) is 0 Å². The van der Waals surface area contributed by atoms with Crippen molar-refractivity contribution >= 4 is 39.9 Å². The molecule has 0 bridgehead atoms. The van der Waals surface area contributed by atoms with Crippen LogP contribution in [0.5, 0.6) is 0 Å². The highest BCUT2D eigenvalue weighted by Gasteiger charge is 2.26. The lowest BCUT2D eigenvalue weighted by Crippen LogP contribution is -2.40. The molecular formula is C22H28N6O5S. The Kier molecular flexibility index (Phi) is 8.52. The molecule has 1 aliphatic heterocycles. The summed E-state index contributed by atoms with van der Waals surface area (Å²) in [7, 11) is 1.62. The Morgan fingerprint density at radius 3 is 2.71 bits per heavy atom. The quantitative estimate of drug-likeness (QED) is 0.392. The van der Waals surface area contributed by atoms with Gasteiger partial charge in [0.15, 0.2) is 0 Å². The Morgan fingerprint density at radius 1 is 1.12 bits per heavy atom. The fourth-order valence-electron chi connectivity index (χ4n) is 3.68. The summed E-state index contributed by atoms with van der Waals surface area (Å²) in [5.41, 5.74) is 2.44. The van der Waals surface area contributed by atoms with Crippen molar-refractivity contribution < 1.29 is 23.8 Å². The zero-order chi connectivity index (χ0) is 23.8. The molecule has 4 rings (SSSR count). The number of hydrogen-bond donors (Lipinski definition) is 2. The van der Waals surface area contributed by atoms with Gasteiger partial charge >= 0.3 is 0 Å². The van der Waals surface area contributed by atoms with Crippen LogP contribution in [-0.2, 0) is 19.0 Å². The summed E-state index contributed by atoms with van der Waals surface area (Å²) in [6.45, 7) is 3.22. The average Bonchev–Trinajstić information content (AvgIpc) is 3.53. The van der Waals surface area contributed by atoms with E-state index in [9.17, 15) is 9.59 Å². The van der Waals surface area contributed by atoms with Gasteiger partial charge in [0, 0.05) is 37.2 Å². The smallest absolute Gasteiger partial charge is 0.275 e. The second kappa shape index (κ2) is 12.0. The van der Waals surface area contributed by atoms with Gasteiger partial charge in [-0.05, 0) is 31.0 Å². The van der Waals surface area contributed by atoms with E-state index in [2.05, 4.69) is 25.7 Å². The second-order valence-electron chi connectivity index (χ2n) is 7.87. The van der Waals surface area contributed by atoms with Crippen molar-refractivity contribution in [2.75, 3.05) is 58.6 Å². The first-order chi connectivity index (χ1) is 16.6. The van der Waals surface area contributed by atoms with E-state index in [1.54, 1.807) is 30.7 Å². The second-order valence-corrected chi connectivity index (χ2v) is 8.75. The number of fused-ring (bicyclic) bond motifs is 1. The minimum absolute atomic E-state index is 0.0152. The number of nitrogens with one attached hydrogen (secondary N) is 2. The first-order valence-electron chi connectivity index (χ1n) is 11.1. The Hall–Kier alpha value is -2.93. The van der Waals surface area contributed by atoms with Crippen LogP contribution in [0.1, 0.15) is 34.3 Å². The van der Waals surface area contributed by atoms with Gasteiger partial charge in [0.05, 0.1) is 31.4 Å². The van der Waals surface area contributed by atoms with Gasteiger partial charge in [0.2, 0.25) is 5.91 Å². The molecule has 182 valence electrons. The molecule has 3 aromatic rings. The number of piperidine rings is 1. The van der Waals surface area contributed by atoms with Crippen molar-refractivity contribution in [1.29, 1.82) is 0 Å². The molecular weight excluding hydrogens is 460 g/mol. The molecule has 1 fully saturated rings. The highest BCUT2D eigenvalue weighted by molar-refractivity contribution is 7.10. The molecule has 12 heteroatoms. The summed E-state index contributed by atoms with van der Waals surface area (Å²) >= 11 is 1.48. The molecule has 0 spiro atoms. The number of benzene rings is 1. The standard InChI is InChI=1S/C22H28N6O5S/c1-31-8-9-32-10-11-33-13-20(29)28-6-4-15(5-7-28)22-24-19(14-34-22)21(30)23-16-2-3-17-18(12-16)26-27-25-17/h2-3,12,14-15H,4-11,13H2,1H3,(H,23,30)(H,25,26,27). The van der Waals surface area contributed by atoms with E-state index >= 15 is 0 Å². The molecule has 1 aromatic carbocycles. The van der Waals surface area contributed by atoms with Crippen molar-refractivity contribution in [1.82, 2.24) is 25.3 Å². The summed E-state index contributed by atoms with van der Waals surface area (Å²) in [4.78, 5) is 31.4. The van der Waals surface area contributed by atoms with Crippen LogP contribution in [0, 0.1) is 0 Å². The third-order valence-electron chi connectivity index (χ3n) is 5.56. The summed E-state index contributed by atoms with van der Waals surface area (Å²) in [6, 6.07) is 5.33. The predicted molar refractivity (Wildman–Crippen MR) is 126 cm³/mol. The third-order valence-corrected chi connectivity index (χ3v) is 6.56. The normalized spacial score (nSPS) is 14.6. The van der Waals surface area contributed by atoms with E-state index in [1.807, 2.05) is 4.90 Å². The van der Waals surface area contributed by atoms with Crippen LogP contribution >= 0.6 is 11.3 Å². The molecule has 0 saturated carbocycles.